The SMILES string of the molecule is CC(C)C[C@@H](NC(=O)c1ccnc2ccccc12)C(N)=O. The largest absolute Gasteiger partial charge is 0.368 e. The molecule has 0 bridgehead atoms. The molecule has 0 fully saturated rings. The number of benzene rings is 1. The summed E-state index contributed by atoms with van der Waals surface area (Å²) in [6.07, 6.45) is 2.10. The molecule has 2 rings (SSSR count). The average molecular weight is 285 g/mol. The van der Waals surface area contributed by atoms with E-state index in [1.54, 1.807) is 12.3 Å². The number of hydrogen-bond acceptors (Lipinski definition) is 3. The summed E-state index contributed by atoms with van der Waals surface area (Å²) in [4.78, 5) is 28.1. The van der Waals surface area contributed by atoms with Gasteiger partial charge in [-0.05, 0) is 24.5 Å². The first-order valence-electron chi connectivity index (χ1n) is 6.93. The predicted molar refractivity (Wildman–Crippen MR) is 81.6 cm³/mol. The summed E-state index contributed by atoms with van der Waals surface area (Å²) in [5.74, 6) is -0.564. The van der Waals surface area contributed by atoms with E-state index in [-0.39, 0.29) is 11.8 Å². The Hall–Kier alpha value is -2.43. The first kappa shape index (κ1) is 15.0. The highest BCUT2D eigenvalue weighted by molar-refractivity contribution is 6.07. The number of para-hydroxylation sites is 1. The lowest BCUT2D eigenvalue weighted by Gasteiger charge is -2.17. The summed E-state index contributed by atoms with van der Waals surface area (Å²) in [7, 11) is 0. The number of nitrogens with two attached hydrogens (primary N) is 1. The maximum absolute atomic E-state index is 12.4. The Morgan fingerprint density at radius 3 is 2.62 bits per heavy atom. The minimum atomic E-state index is -0.663. The van der Waals surface area contributed by atoms with E-state index in [9.17, 15) is 9.59 Å². The number of carbonyl (C=O) groups is 2. The van der Waals surface area contributed by atoms with Crippen LogP contribution in [0.5, 0.6) is 0 Å². The fourth-order valence-corrected chi connectivity index (χ4v) is 2.25. The van der Waals surface area contributed by atoms with E-state index in [4.69, 9.17) is 5.73 Å². The van der Waals surface area contributed by atoms with Crippen molar-refractivity contribution in [2.24, 2.45) is 11.7 Å². The molecule has 0 unspecified atom stereocenters. The summed E-state index contributed by atoms with van der Waals surface area (Å²) < 4.78 is 0. The molecule has 5 nitrogen and oxygen atoms in total. The van der Waals surface area contributed by atoms with E-state index >= 15 is 0 Å². The Labute approximate surface area is 123 Å². The molecule has 110 valence electrons. The first-order valence-corrected chi connectivity index (χ1v) is 6.93. The lowest BCUT2D eigenvalue weighted by molar-refractivity contribution is -0.120. The topological polar surface area (TPSA) is 85.1 Å². The molecule has 1 atom stereocenters. The van der Waals surface area contributed by atoms with Crippen LogP contribution in [0.25, 0.3) is 10.9 Å². The highest BCUT2D eigenvalue weighted by Crippen LogP contribution is 2.16. The predicted octanol–water partition coefficient (Wildman–Crippen LogP) is 1.86. The molecule has 0 aliphatic rings. The molecule has 0 radical (unpaired) electrons. The zero-order valence-electron chi connectivity index (χ0n) is 12.2. The summed E-state index contributed by atoms with van der Waals surface area (Å²) in [5, 5.41) is 3.47. The van der Waals surface area contributed by atoms with Gasteiger partial charge in [0, 0.05) is 11.6 Å². The van der Waals surface area contributed by atoms with E-state index in [2.05, 4.69) is 10.3 Å². The maximum Gasteiger partial charge on any atom is 0.252 e. The number of nitrogens with one attached hydrogen (secondary N) is 1. The van der Waals surface area contributed by atoms with Crippen molar-refractivity contribution >= 4 is 22.7 Å². The van der Waals surface area contributed by atoms with Crippen LogP contribution in [0.2, 0.25) is 0 Å². The van der Waals surface area contributed by atoms with Gasteiger partial charge in [0.15, 0.2) is 0 Å². The van der Waals surface area contributed by atoms with Gasteiger partial charge < -0.3 is 11.1 Å². The summed E-state index contributed by atoms with van der Waals surface area (Å²) >= 11 is 0. The smallest absolute Gasteiger partial charge is 0.252 e. The number of hydrogen-bond donors (Lipinski definition) is 2. The summed E-state index contributed by atoms with van der Waals surface area (Å²) in [6, 6.07) is 8.36. The average Bonchev–Trinajstić information content (AvgIpc) is 2.45. The number of primary amides is 1. The van der Waals surface area contributed by atoms with Gasteiger partial charge in [0.2, 0.25) is 5.91 Å². The number of aromatic nitrogens is 1. The van der Waals surface area contributed by atoms with Crippen LogP contribution in [0.15, 0.2) is 36.5 Å². The van der Waals surface area contributed by atoms with Gasteiger partial charge in [-0.25, -0.2) is 0 Å². The Kier molecular flexibility index (Phi) is 4.52. The van der Waals surface area contributed by atoms with Crippen LogP contribution in [0.4, 0.5) is 0 Å². The number of carbonyl (C=O) groups excluding carboxylic acids is 2. The second kappa shape index (κ2) is 6.35. The Balaban J connectivity index is 2.27. The van der Waals surface area contributed by atoms with Crippen molar-refractivity contribution in [1.82, 2.24) is 10.3 Å². The van der Waals surface area contributed by atoms with E-state index in [1.165, 1.54) is 0 Å². The van der Waals surface area contributed by atoms with Crippen LogP contribution in [0.3, 0.4) is 0 Å². The normalized spacial score (nSPS) is 12.3. The molecular formula is C16H19N3O2. The molecule has 0 saturated carbocycles. The molecular weight excluding hydrogens is 266 g/mol. The summed E-state index contributed by atoms with van der Waals surface area (Å²) in [6.45, 7) is 3.95. The molecule has 0 aliphatic carbocycles. The standard InChI is InChI=1S/C16H19N3O2/c1-10(2)9-14(15(17)20)19-16(21)12-7-8-18-13-6-4-3-5-11(12)13/h3-8,10,14H,9H2,1-2H3,(H2,17,20)(H,19,21)/t14-/m1/s1. The van der Waals surface area contributed by atoms with Crippen LogP contribution >= 0.6 is 0 Å². The van der Waals surface area contributed by atoms with Gasteiger partial charge >= 0.3 is 0 Å². The van der Waals surface area contributed by atoms with E-state index in [1.807, 2.05) is 38.1 Å². The van der Waals surface area contributed by atoms with E-state index in [0.29, 0.717) is 12.0 Å². The van der Waals surface area contributed by atoms with Crippen LogP contribution in [0, 0.1) is 5.92 Å². The molecule has 3 N–H and O–H groups in total. The van der Waals surface area contributed by atoms with Gasteiger partial charge in [0.25, 0.3) is 5.91 Å². The lowest BCUT2D eigenvalue weighted by Crippen LogP contribution is -2.45. The fraction of sp³-hybridized carbons (Fsp3) is 0.312. The van der Waals surface area contributed by atoms with Gasteiger partial charge in [0.1, 0.15) is 6.04 Å². The molecule has 5 heteroatoms. The van der Waals surface area contributed by atoms with Crippen molar-refractivity contribution in [3.05, 3.63) is 42.1 Å². The third-order valence-electron chi connectivity index (χ3n) is 3.25. The van der Waals surface area contributed by atoms with Gasteiger partial charge in [-0.1, -0.05) is 32.0 Å². The molecule has 2 amide bonds. The number of fused-ring (bicyclic) bond motifs is 1. The zero-order chi connectivity index (χ0) is 15.4. The zero-order valence-corrected chi connectivity index (χ0v) is 12.2. The number of amides is 2. The van der Waals surface area contributed by atoms with Gasteiger partial charge in [-0.15, -0.1) is 0 Å². The van der Waals surface area contributed by atoms with Crippen LogP contribution in [-0.2, 0) is 4.79 Å². The quantitative estimate of drug-likeness (QED) is 0.879. The molecule has 1 aromatic heterocycles. The summed E-state index contributed by atoms with van der Waals surface area (Å²) in [5.41, 5.74) is 6.59. The molecule has 0 spiro atoms. The Bertz CT molecular complexity index is 662. The van der Waals surface area contributed by atoms with Gasteiger partial charge in [-0.3, -0.25) is 14.6 Å². The highest BCUT2D eigenvalue weighted by atomic mass is 16.2. The van der Waals surface area contributed by atoms with Crippen molar-refractivity contribution in [2.45, 2.75) is 26.3 Å². The third-order valence-corrected chi connectivity index (χ3v) is 3.25. The second-order valence-corrected chi connectivity index (χ2v) is 5.43. The molecule has 2 aromatic rings. The van der Waals surface area contributed by atoms with Gasteiger partial charge in [0.05, 0.1) is 11.1 Å². The van der Waals surface area contributed by atoms with E-state index < -0.39 is 11.9 Å². The fourth-order valence-electron chi connectivity index (χ4n) is 2.25. The highest BCUT2D eigenvalue weighted by Gasteiger charge is 2.21. The van der Waals surface area contributed by atoms with Crippen molar-refractivity contribution in [3.63, 3.8) is 0 Å². The third kappa shape index (κ3) is 3.56. The number of pyridine rings is 1. The lowest BCUT2D eigenvalue weighted by atomic mass is 10.0. The monoisotopic (exact) mass is 285 g/mol. The molecule has 1 heterocycles. The maximum atomic E-state index is 12.4. The number of rotatable bonds is 5. The molecule has 21 heavy (non-hydrogen) atoms. The van der Waals surface area contributed by atoms with Crippen LogP contribution in [0.1, 0.15) is 30.6 Å². The van der Waals surface area contributed by atoms with Crippen molar-refractivity contribution in [2.75, 3.05) is 0 Å². The molecule has 0 aliphatic heterocycles. The van der Waals surface area contributed by atoms with Crippen LogP contribution in [-0.4, -0.2) is 22.8 Å². The minimum Gasteiger partial charge on any atom is -0.368 e. The van der Waals surface area contributed by atoms with Crippen molar-refractivity contribution < 1.29 is 9.59 Å². The van der Waals surface area contributed by atoms with Gasteiger partial charge in [-0.2, -0.15) is 0 Å². The second-order valence-electron chi connectivity index (χ2n) is 5.43. The Morgan fingerprint density at radius 1 is 1.24 bits per heavy atom. The number of nitrogens with zero attached hydrogens (tertiary/aromatic N) is 1. The molecule has 1 aromatic carbocycles. The first-order chi connectivity index (χ1) is 9.99. The van der Waals surface area contributed by atoms with Crippen molar-refractivity contribution in [3.8, 4) is 0 Å². The van der Waals surface area contributed by atoms with Crippen LogP contribution < -0.4 is 11.1 Å². The Morgan fingerprint density at radius 2 is 1.95 bits per heavy atom. The van der Waals surface area contributed by atoms with Crippen molar-refractivity contribution in [1.29, 1.82) is 0 Å². The molecule has 0 saturated heterocycles. The minimum absolute atomic E-state index is 0.261. The van der Waals surface area contributed by atoms with E-state index in [0.717, 1.165) is 10.9 Å².